The molecule has 12 heteroatoms. The van der Waals surface area contributed by atoms with E-state index in [9.17, 15) is 20.1 Å². The minimum Gasteiger partial charge on any atom is -0.448 e. The van der Waals surface area contributed by atoms with Crippen LogP contribution in [-0.2, 0) is 4.74 Å². The third-order valence-electron chi connectivity index (χ3n) is 5.16. The summed E-state index contributed by atoms with van der Waals surface area (Å²) in [5, 5.41) is 37.3. The Balaban J connectivity index is 1.73. The molecule has 1 fully saturated rings. The first kappa shape index (κ1) is 16.6. The molecule has 26 heavy (non-hydrogen) atoms. The van der Waals surface area contributed by atoms with Gasteiger partial charge in [0.05, 0.1) is 6.61 Å². The quantitative estimate of drug-likeness (QED) is 0.142. The van der Waals surface area contributed by atoms with Gasteiger partial charge < -0.3 is 25.0 Å². The number of carbonyl (C=O) groups is 1. The van der Waals surface area contributed by atoms with Crippen LogP contribution in [0, 0.1) is 0 Å². The average molecular weight is 367 g/mol. The zero-order valence-electron chi connectivity index (χ0n) is 13.6. The molecule has 1 aromatic rings. The predicted octanol–water partition coefficient (Wildman–Crippen LogP) is -6.41. The number of esters is 1. The number of nitrogens with two attached hydrogens (primary N) is 2. The molecule has 0 bridgehead atoms. The highest BCUT2D eigenvalue weighted by atomic mass is 16.6. The first-order valence-electron chi connectivity index (χ1n) is 8.05. The van der Waals surface area contributed by atoms with Crippen molar-refractivity contribution in [2.45, 2.75) is 29.6 Å². The van der Waals surface area contributed by atoms with Crippen LogP contribution in [-0.4, -0.2) is 85.6 Å². The molecule has 3 aliphatic rings. The summed E-state index contributed by atoms with van der Waals surface area (Å²) >= 11 is 0. The first-order chi connectivity index (χ1) is 12.3. The molecule has 1 aromatic heterocycles. The molecule has 3 aliphatic heterocycles. The Bertz CT molecular complexity index is 805. The van der Waals surface area contributed by atoms with Crippen molar-refractivity contribution in [3.05, 3.63) is 24.0 Å². The zero-order valence-corrected chi connectivity index (χ0v) is 13.6. The minimum atomic E-state index is -2.56. The number of nitrogens with one attached hydrogen (secondary N) is 4. The number of guanidine groups is 2. The van der Waals surface area contributed by atoms with Crippen molar-refractivity contribution in [1.82, 2.24) is 15.6 Å². The standard InChI is InChI=1S/C14H19N7O5/c15-11-19-9-7(5-22)18-12(16)21-4-8(14(24,25)13(9,21)20-11)26-10(23)6-2-1-3-17-6/h1-3,7-9,22,24-25H,4-5H2,(H6,15,16,17,18,19,20,23)/p+2/t7-,8-,9-,13-/m0/s1. The summed E-state index contributed by atoms with van der Waals surface area (Å²) in [4.78, 5) is 17.8. The van der Waals surface area contributed by atoms with Gasteiger partial charge in [0.15, 0.2) is 12.1 Å². The summed E-state index contributed by atoms with van der Waals surface area (Å²) in [5.41, 5.74) is 10.4. The number of rotatable bonds is 3. The van der Waals surface area contributed by atoms with Crippen LogP contribution < -0.4 is 27.1 Å². The maximum absolute atomic E-state index is 12.3. The van der Waals surface area contributed by atoms with Gasteiger partial charge in [-0.2, -0.15) is 0 Å². The monoisotopic (exact) mass is 367 g/mol. The van der Waals surface area contributed by atoms with Gasteiger partial charge in [-0.3, -0.25) is 21.8 Å². The van der Waals surface area contributed by atoms with E-state index in [0.717, 1.165) is 0 Å². The Morgan fingerprint density at radius 3 is 2.88 bits per heavy atom. The van der Waals surface area contributed by atoms with E-state index in [-0.39, 0.29) is 30.8 Å². The molecule has 1 saturated heterocycles. The van der Waals surface area contributed by atoms with Gasteiger partial charge in [-0.1, -0.05) is 0 Å². The number of hydrogen-bond acceptors (Lipinski definition) is 9. The Morgan fingerprint density at radius 2 is 2.23 bits per heavy atom. The van der Waals surface area contributed by atoms with E-state index in [1.54, 1.807) is 12.3 Å². The van der Waals surface area contributed by atoms with Gasteiger partial charge in [-0.05, 0) is 12.1 Å². The normalized spacial score (nSPS) is 34.4. The number of hydrogen-bond donors (Lipinski definition) is 9. The van der Waals surface area contributed by atoms with E-state index in [1.807, 2.05) is 0 Å². The highest BCUT2D eigenvalue weighted by Gasteiger charge is 2.78. The van der Waals surface area contributed by atoms with Crippen molar-refractivity contribution in [2.24, 2.45) is 11.5 Å². The molecule has 0 unspecified atom stereocenters. The maximum Gasteiger partial charge on any atom is 0.355 e. The summed E-state index contributed by atoms with van der Waals surface area (Å²) in [6.07, 6.45) is 0.215. The molecule has 12 nitrogen and oxygen atoms in total. The van der Waals surface area contributed by atoms with Gasteiger partial charge in [0.1, 0.15) is 18.3 Å². The lowest BCUT2D eigenvalue weighted by Gasteiger charge is -2.40. The third-order valence-corrected chi connectivity index (χ3v) is 5.16. The zero-order chi connectivity index (χ0) is 18.7. The molecular weight excluding hydrogens is 346 g/mol. The number of aromatic amines is 1. The lowest BCUT2D eigenvalue weighted by molar-refractivity contribution is -0.674. The van der Waals surface area contributed by atoms with Gasteiger partial charge in [0.2, 0.25) is 0 Å². The van der Waals surface area contributed by atoms with Crippen LogP contribution in [0.25, 0.3) is 0 Å². The molecule has 1 spiro atoms. The van der Waals surface area contributed by atoms with Crippen LogP contribution in [0.1, 0.15) is 10.5 Å². The lowest BCUT2D eigenvalue weighted by atomic mass is 9.86. The van der Waals surface area contributed by atoms with Gasteiger partial charge in [-0.25, -0.2) is 14.7 Å². The lowest BCUT2D eigenvalue weighted by Crippen LogP contribution is -2.91. The van der Waals surface area contributed by atoms with E-state index in [2.05, 4.69) is 20.6 Å². The second-order valence-corrected chi connectivity index (χ2v) is 6.56. The molecule has 4 rings (SSSR count). The second kappa shape index (κ2) is 5.33. The third kappa shape index (κ3) is 1.97. The summed E-state index contributed by atoms with van der Waals surface area (Å²) in [7, 11) is 0. The smallest absolute Gasteiger partial charge is 0.355 e. The fourth-order valence-corrected chi connectivity index (χ4v) is 3.98. The Kier molecular flexibility index (Phi) is 3.41. The van der Waals surface area contributed by atoms with Gasteiger partial charge >= 0.3 is 23.6 Å². The summed E-state index contributed by atoms with van der Waals surface area (Å²) in [6.45, 7) is -0.444. The van der Waals surface area contributed by atoms with E-state index < -0.39 is 35.6 Å². The molecule has 0 saturated carbocycles. The molecule has 4 heterocycles. The van der Waals surface area contributed by atoms with Crippen LogP contribution in [0.2, 0.25) is 0 Å². The topological polar surface area (TPSA) is 196 Å². The molecule has 0 aromatic carbocycles. The van der Waals surface area contributed by atoms with Gasteiger partial charge in [-0.15, -0.1) is 0 Å². The van der Waals surface area contributed by atoms with Crippen LogP contribution in [0.5, 0.6) is 0 Å². The number of aromatic nitrogens is 1. The van der Waals surface area contributed by atoms with Crippen molar-refractivity contribution in [3.8, 4) is 0 Å². The average Bonchev–Trinajstić information content (AvgIpc) is 3.27. The van der Waals surface area contributed by atoms with E-state index in [0.29, 0.717) is 0 Å². The van der Waals surface area contributed by atoms with Crippen molar-refractivity contribution < 1.29 is 34.4 Å². The molecular formula is C14H21N7O5+2. The van der Waals surface area contributed by atoms with Crippen LogP contribution in [0.4, 0.5) is 0 Å². The van der Waals surface area contributed by atoms with E-state index in [4.69, 9.17) is 16.2 Å². The molecule has 0 aliphatic carbocycles. The van der Waals surface area contributed by atoms with Crippen molar-refractivity contribution in [3.63, 3.8) is 0 Å². The number of H-pyrrole nitrogens is 1. The van der Waals surface area contributed by atoms with Crippen molar-refractivity contribution >= 4 is 17.9 Å². The van der Waals surface area contributed by atoms with Gasteiger partial charge in [0, 0.05) is 6.20 Å². The van der Waals surface area contributed by atoms with E-state index >= 15 is 0 Å². The van der Waals surface area contributed by atoms with Crippen LogP contribution >= 0.6 is 0 Å². The summed E-state index contributed by atoms with van der Waals surface area (Å²) in [6, 6.07) is 1.71. The maximum atomic E-state index is 12.3. The number of ether oxygens (including phenoxy) is 1. The van der Waals surface area contributed by atoms with Crippen LogP contribution in [0.3, 0.4) is 0 Å². The number of aliphatic hydroxyl groups excluding tert-OH is 1. The first-order valence-corrected chi connectivity index (χ1v) is 8.05. The molecule has 0 radical (unpaired) electrons. The molecule has 4 atom stereocenters. The molecule has 11 N–H and O–H groups in total. The highest BCUT2D eigenvalue weighted by molar-refractivity contribution is 5.87. The Labute approximate surface area is 147 Å². The van der Waals surface area contributed by atoms with Crippen molar-refractivity contribution in [1.29, 1.82) is 0 Å². The SMILES string of the molecule is NC1=[NH+][C@H]2[C@H](CO)NC(N)=[N+]3C[C@H](OC(=O)c4ccc[nH]4)C(O)(O)[C@]23N1. The fourth-order valence-electron chi connectivity index (χ4n) is 3.98. The summed E-state index contributed by atoms with van der Waals surface area (Å²) < 4.78 is 6.76. The highest BCUT2D eigenvalue weighted by Crippen LogP contribution is 2.38. The van der Waals surface area contributed by atoms with Crippen molar-refractivity contribution in [2.75, 3.05) is 13.2 Å². The van der Waals surface area contributed by atoms with Gasteiger partial charge in [0.25, 0.3) is 5.79 Å². The Morgan fingerprint density at radius 1 is 1.46 bits per heavy atom. The van der Waals surface area contributed by atoms with E-state index in [1.165, 1.54) is 10.6 Å². The molecule has 0 amide bonds. The van der Waals surface area contributed by atoms with Crippen LogP contribution in [0.15, 0.2) is 18.3 Å². The number of aliphatic hydroxyl groups is 3. The molecule has 140 valence electrons. The number of carbonyl (C=O) groups excluding carboxylic acids is 1. The fraction of sp³-hybridized carbons (Fsp3) is 0.500. The second-order valence-electron chi connectivity index (χ2n) is 6.56. The predicted molar refractivity (Wildman–Crippen MR) is 85.3 cm³/mol. The Hall–Kier alpha value is -2.83. The number of nitrogens with zero attached hydrogens (tertiary/aromatic N) is 1. The minimum absolute atomic E-state index is 0.0822. The summed E-state index contributed by atoms with van der Waals surface area (Å²) in [5.74, 6) is -3.13. The largest absolute Gasteiger partial charge is 0.448 e.